The van der Waals surface area contributed by atoms with Gasteiger partial charge >= 0.3 is 0 Å². The summed E-state index contributed by atoms with van der Waals surface area (Å²) >= 11 is 12.0. The van der Waals surface area contributed by atoms with Gasteiger partial charge < -0.3 is 20.4 Å². The average molecular weight is 404 g/mol. The average Bonchev–Trinajstić information content (AvgIpc) is 3.18. The molecule has 1 heterocycles. The third-order valence-electron chi connectivity index (χ3n) is 3.54. The fourth-order valence-corrected chi connectivity index (χ4v) is 2.66. The zero-order chi connectivity index (χ0) is 19.2. The zero-order valence-corrected chi connectivity index (χ0v) is 15.5. The van der Waals surface area contributed by atoms with Gasteiger partial charge in [0.1, 0.15) is 0 Å². The fourth-order valence-electron chi connectivity index (χ4n) is 2.30. The Balaban J connectivity index is 1.58. The predicted octanol–water partition coefficient (Wildman–Crippen LogP) is 4.89. The van der Waals surface area contributed by atoms with E-state index in [0.29, 0.717) is 27.1 Å². The Bertz CT molecular complexity index is 959. The molecule has 2 amide bonds. The molecule has 0 fully saturated rings. The van der Waals surface area contributed by atoms with Gasteiger partial charge in [-0.25, -0.2) is 0 Å². The van der Waals surface area contributed by atoms with Crippen LogP contribution in [0.4, 0.5) is 17.1 Å². The Morgan fingerprint density at radius 2 is 1.67 bits per heavy atom. The second kappa shape index (κ2) is 8.62. The molecule has 0 aliphatic carbocycles. The third-order valence-corrected chi connectivity index (χ3v) is 4.36. The largest absolute Gasteiger partial charge is 0.459 e. The first-order chi connectivity index (χ1) is 13.0. The summed E-state index contributed by atoms with van der Waals surface area (Å²) in [5, 5.41) is 9.13. The van der Waals surface area contributed by atoms with E-state index in [0.717, 1.165) is 0 Å². The van der Waals surface area contributed by atoms with Crippen molar-refractivity contribution in [2.75, 3.05) is 22.5 Å². The second-order valence-electron chi connectivity index (χ2n) is 5.52. The molecule has 2 aromatic carbocycles. The maximum atomic E-state index is 12.2. The van der Waals surface area contributed by atoms with Gasteiger partial charge in [-0.05, 0) is 42.5 Å². The Morgan fingerprint density at radius 3 is 2.41 bits per heavy atom. The van der Waals surface area contributed by atoms with Crippen LogP contribution in [-0.2, 0) is 4.79 Å². The highest BCUT2D eigenvalue weighted by molar-refractivity contribution is 6.43. The predicted molar refractivity (Wildman–Crippen MR) is 107 cm³/mol. The van der Waals surface area contributed by atoms with Crippen LogP contribution in [0.5, 0.6) is 0 Å². The molecule has 3 N–H and O–H groups in total. The highest BCUT2D eigenvalue weighted by atomic mass is 35.5. The summed E-state index contributed by atoms with van der Waals surface area (Å²) in [6, 6.07) is 15.1. The van der Waals surface area contributed by atoms with Crippen molar-refractivity contribution in [1.29, 1.82) is 0 Å². The van der Waals surface area contributed by atoms with Crippen LogP contribution >= 0.6 is 23.2 Å². The third kappa shape index (κ3) is 5.03. The molecule has 0 radical (unpaired) electrons. The number of carbonyl (C=O) groups is 2. The summed E-state index contributed by atoms with van der Waals surface area (Å²) in [5.74, 6) is -0.451. The van der Waals surface area contributed by atoms with E-state index in [1.54, 1.807) is 54.6 Å². The summed E-state index contributed by atoms with van der Waals surface area (Å²) in [7, 11) is 0. The van der Waals surface area contributed by atoms with Crippen LogP contribution in [0.15, 0.2) is 65.3 Å². The van der Waals surface area contributed by atoms with Gasteiger partial charge in [0.15, 0.2) is 5.76 Å². The molecule has 0 saturated carbocycles. The summed E-state index contributed by atoms with van der Waals surface area (Å²) in [5.41, 5.74) is 1.63. The van der Waals surface area contributed by atoms with Gasteiger partial charge in [-0.3, -0.25) is 9.59 Å². The maximum Gasteiger partial charge on any atom is 0.291 e. The number of hydrogen-bond acceptors (Lipinski definition) is 4. The van der Waals surface area contributed by atoms with E-state index in [9.17, 15) is 9.59 Å². The van der Waals surface area contributed by atoms with E-state index in [1.807, 2.05) is 0 Å². The van der Waals surface area contributed by atoms with Crippen LogP contribution in [0.25, 0.3) is 0 Å². The van der Waals surface area contributed by atoms with E-state index < -0.39 is 0 Å². The molecule has 0 saturated heterocycles. The molecule has 3 rings (SSSR count). The fraction of sp³-hybridized carbons (Fsp3) is 0.0526. The number of amides is 2. The Labute approximate surface area is 165 Å². The van der Waals surface area contributed by atoms with Crippen LogP contribution in [0.1, 0.15) is 10.6 Å². The van der Waals surface area contributed by atoms with Crippen molar-refractivity contribution in [3.8, 4) is 0 Å². The Kier molecular flexibility index (Phi) is 6.01. The first-order valence-corrected chi connectivity index (χ1v) is 8.71. The Morgan fingerprint density at radius 1 is 0.926 bits per heavy atom. The lowest BCUT2D eigenvalue weighted by molar-refractivity contribution is -0.114. The molecule has 0 unspecified atom stereocenters. The molecule has 8 heteroatoms. The topological polar surface area (TPSA) is 83.4 Å². The van der Waals surface area contributed by atoms with Gasteiger partial charge in [0, 0.05) is 11.4 Å². The molecule has 0 bridgehead atoms. The standard InChI is InChI=1S/C19H15Cl2N3O3/c20-14-6-2-7-15(18(14)21)22-11-17(25)23-12-4-1-5-13(10-12)24-19(26)16-8-3-9-27-16/h1-10,22H,11H2,(H,23,25)(H,24,26). The number of benzene rings is 2. The summed E-state index contributed by atoms with van der Waals surface area (Å²) in [6.45, 7) is 0.00302. The summed E-state index contributed by atoms with van der Waals surface area (Å²) < 4.78 is 5.04. The van der Waals surface area contributed by atoms with Crippen LogP contribution in [0.3, 0.4) is 0 Å². The van der Waals surface area contributed by atoms with Crippen LogP contribution in [0, 0.1) is 0 Å². The molecule has 1 aromatic heterocycles. The number of anilines is 3. The molecular formula is C19H15Cl2N3O3. The lowest BCUT2D eigenvalue weighted by Crippen LogP contribution is -2.22. The van der Waals surface area contributed by atoms with E-state index in [2.05, 4.69) is 16.0 Å². The van der Waals surface area contributed by atoms with Crippen molar-refractivity contribution in [2.24, 2.45) is 0 Å². The monoisotopic (exact) mass is 403 g/mol. The first kappa shape index (κ1) is 18.8. The summed E-state index contributed by atoms with van der Waals surface area (Å²) in [6.07, 6.45) is 1.42. The van der Waals surface area contributed by atoms with E-state index in [-0.39, 0.29) is 24.1 Å². The van der Waals surface area contributed by atoms with Gasteiger partial charge in [0.2, 0.25) is 5.91 Å². The van der Waals surface area contributed by atoms with Crippen molar-refractivity contribution < 1.29 is 14.0 Å². The van der Waals surface area contributed by atoms with Crippen molar-refractivity contribution in [1.82, 2.24) is 0 Å². The van der Waals surface area contributed by atoms with Crippen LogP contribution in [-0.4, -0.2) is 18.4 Å². The van der Waals surface area contributed by atoms with Gasteiger partial charge in [0.25, 0.3) is 5.91 Å². The highest BCUT2D eigenvalue weighted by Gasteiger charge is 2.10. The molecule has 0 aliphatic heterocycles. The second-order valence-corrected chi connectivity index (χ2v) is 6.30. The molecule has 138 valence electrons. The number of carbonyl (C=O) groups excluding carboxylic acids is 2. The van der Waals surface area contributed by atoms with Crippen molar-refractivity contribution in [2.45, 2.75) is 0 Å². The van der Waals surface area contributed by atoms with Gasteiger partial charge in [-0.15, -0.1) is 0 Å². The number of rotatable bonds is 6. The normalized spacial score (nSPS) is 10.3. The number of halogens is 2. The smallest absolute Gasteiger partial charge is 0.291 e. The molecule has 3 aromatic rings. The summed E-state index contributed by atoms with van der Waals surface area (Å²) in [4.78, 5) is 24.2. The van der Waals surface area contributed by atoms with Crippen molar-refractivity contribution in [3.63, 3.8) is 0 Å². The zero-order valence-electron chi connectivity index (χ0n) is 14.0. The minimum atomic E-state index is -0.374. The number of furan rings is 1. The lowest BCUT2D eigenvalue weighted by atomic mass is 10.2. The van der Waals surface area contributed by atoms with Crippen LogP contribution < -0.4 is 16.0 Å². The van der Waals surface area contributed by atoms with Gasteiger partial charge in [-0.1, -0.05) is 35.3 Å². The number of hydrogen-bond donors (Lipinski definition) is 3. The molecule has 27 heavy (non-hydrogen) atoms. The SMILES string of the molecule is O=C(CNc1cccc(Cl)c1Cl)Nc1cccc(NC(=O)c2ccco2)c1. The first-order valence-electron chi connectivity index (χ1n) is 7.95. The minimum absolute atomic E-state index is 0.00302. The number of nitrogens with one attached hydrogen (secondary N) is 3. The maximum absolute atomic E-state index is 12.2. The van der Waals surface area contributed by atoms with Gasteiger partial charge in [-0.2, -0.15) is 0 Å². The van der Waals surface area contributed by atoms with Crippen molar-refractivity contribution in [3.05, 3.63) is 76.7 Å². The van der Waals surface area contributed by atoms with Gasteiger partial charge in [0.05, 0.1) is 28.5 Å². The molecule has 6 nitrogen and oxygen atoms in total. The molecule has 0 aliphatic rings. The highest BCUT2D eigenvalue weighted by Crippen LogP contribution is 2.29. The quantitative estimate of drug-likeness (QED) is 0.546. The van der Waals surface area contributed by atoms with E-state index >= 15 is 0 Å². The molecular weight excluding hydrogens is 389 g/mol. The van der Waals surface area contributed by atoms with E-state index in [1.165, 1.54) is 6.26 Å². The Hall–Kier alpha value is -2.96. The van der Waals surface area contributed by atoms with Crippen molar-refractivity contribution >= 4 is 52.1 Å². The van der Waals surface area contributed by atoms with E-state index in [4.69, 9.17) is 27.6 Å². The lowest BCUT2D eigenvalue weighted by Gasteiger charge is -2.11. The molecule has 0 spiro atoms. The molecule has 0 atom stereocenters. The van der Waals surface area contributed by atoms with Crippen LogP contribution in [0.2, 0.25) is 10.0 Å². The minimum Gasteiger partial charge on any atom is -0.459 e.